The molecule has 0 spiro atoms. The Hall–Kier alpha value is -1.36. The first-order valence-corrected chi connectivity index (χ1v) is 6.52. The van der Waals surface area contributed by atoms with Crippen molar-refractivity contribution in [1.82, 2.24) is 5.32 Å². The highest BCUT2D eigenvalue weighted by molar-refractivity contribution is 9.10. The van der Waals surface area contributed by atoms with Gasteiger partial charge in [0.15, 0.2) is 0 Å². The summed E-state index contributed by atoms with van der Waals surface area (Å²) >= 11 is 3.36. The summed E-state index contributed by atoms with van der Waals surface area (Å²) in [4.78, 5) is 22.7. The van der Waals surface area contributed by atoms with E-state index < -0.39 is 11.9 Å². The zero-order chi connectivity index (χ0) is 13.7. The number of carboxylic acids is 1. The summed E-state index contributed by atoms with van der Waals surface area (Å²) in [6.07, 6.45) is 0.495. The van der Waals surface area contributed by atoms with E-state index in [9.17, 15) is 9.59 Å². The van der Waals surface area contributed by atoms with Crippen LogP contribution in [-0.4, -0.2) is 23.5 Å². The third-order valence-corrected chi connectivity index (χ3v) is 3.66. The van der Waals surface area contributed by atoms with Crippen LogP contribution in [0.3, 0.4) is 0 Å². The Balaban J connectivity index is 2.65. The Morgan fingerprint density at radius 3 is 2.61 bits per heavy atom. The molecule has 4 nitrogen and oxygen atoms in total. The van der Waals surface area contributed by atoms with Crippen LogP contribution in [0.4, 0.5) is 0 Å². The van der Waals surface area contributed by atoms with Gasteiger partial charge in [-0.15, -0.1) is 0 Å². The number of aliphatic carboxylic acids is 1. The van der Waals surface area contributed by atoms with Gasteiger partial charge in [-0.05, 0) is 37.1 Å². The summed E-state index contributed by atoms with van der Waals surface area (Å²) < 4.78 is 0.941. The fourth-order valence-electron chi connectivity index (χ4n) is 1.51. The Kier molecular flexibility index (Phi) is 5.34. The standard InChI is InChI=1S/C13H16BrNO3/c1-3-9(13(17)18)7-15-12(16)10-4-5-11(14)8(2)6-10/h4-6,9H,3,7H2,1-2H3,(H,15,16)(H,17,18). The molecule has 5 heteroatoms. The van der Waals surface area contributed by atoms with Crippen LogP contribution in [0.2, 0.25) is 0 Å². The van der Waals surface area contributed by atoms with E-state index in [2.05, 4.69) is 21.2 Å². The van der Waals surface area contributed by atoms with Crippen LogP contribution in [0.1, 0.15) is 29.3 Å². The number of aryl methyl sites for hydroxylation is 1. The van der Waals surface area contributed by atoms with Gasteiger partial charge in [0.1, 0.15) is 0 Å². The zero-order valence-electron chi connectivity index (χ0n) is 10.4. The van der Waals surface area contributed by atoms with Crippen LogP contribution < -0.4 is 5.32 Å². The van der Waals surface area contributed by atoms with Crippen LogP contribution in [-0.2, 0) is 4.79 Å². The lowest BCUT2D eigenvalue weighted by Crippen LogP contribution is -2.32. The molecule has 1 unspecified atom stereocenters. The van der Waals surface area contributed by atoms with Crippen LogP contribution in [0, 0.1) is 12.8 Å². The fourth-order valence-corrected chi connectivity index (χ4v) is 1.76. The molecular formula is C13H16BrNO3. The van der Waals surface area contributed by atoms with Crippen LogP contribution in [0.25, 0.3) is 0 Å². The molecule has 18 heavy (non-hydrogen) atoms. The molecule has 0 heterocycles. The summed E-state index contributed by atoms with van der Waals surface area (Å²) in [6.45, 7) is 3.83. The highest BCUT2D eigenvalue weighted by Crippen LogP contribution is 2.17. The number of halogens is 1. The van der Waals surface area contributed by atoms with E-state index in [1.165, 1.54) is 0 Å². The number of carbonyl (C=O) groups is 2. The second-order valence-corrected chi connectivity index (χ2v) is 4.97. The Labute approximate surface area is 115 Å². The molecule has 1 atom stereocenters. The lowest BCUT2D eigenvalue weighted by atomic mass is 10.1. The summed E-state index contributed by atoms with van der Waals surface area (Å²) in [5.41, 5.74) is 1.50. The molecule has 0 bridgehead atoms. The summed E-state index contributed by atoms with van der Waals surface area (Å²) in [6, 6.07) is 5.27. The predicted molar refractivity (Wildman–Crippen MR) is 72.6 cm³/mol. The van der Waals surface area contributed by atoms with Gasteiger partial charge < -0.3 is 10.4 Å². The molecule has 1 amide bonds. The molecule has 1 aromatic rings. The van der Waals surface area contributed by atoms with Crippen molar-refractivity contribution < 1.29 is 14.7 Å². The minimum absolute atomic E-state index is 0.153. The predicted octanol–water partition coefficient (Wildman–Crippen LogP) is 2.60. The number of hydrogen-bond acceptors (Lipinski definition) is 2. The topological polar surface area (TPSA) is 66.4 Å². The van der Waals surface area contributed by atoms with E-state index in [0.29, 0.717) is 12.0 Å². The van der Waals surface area contributed by atoms with Gasteiger partial charge in [-0.25, -0.2) is 0 Å². The molecule has 0 aliphatic heterocycles. The maximum Gasteiger partial charge on any atom is 0.308 e. The van der Waals surface area contributed by atoms with Crippen LogP contribution in [0.5, 0.6) is 0 Å². The number of hydrogen-bond donors (Lipinski definition) is 2. The minimum atomic E-state index is -0.884. The quantitative estimate of drug-likeness (QED) is 0.878. The largest absolute Gasteiger partial charge is 0.481 e. The van der Waals surface area contributed by atoms with Crippen LogP contribution >= 0.6 is 15.9 Å². The van der Waals surface area contributed by atoms with Crippen molar-refractivity contribution in [2.75, 3.05) is 6.54 Å². The monoisotopic (exact) mass is 313 g/mol. The average Bonchev–Trinajstić information content (AvgIpc) is 2.32. The van der Waals surface area contributed by atoms with E-state index in [4.69, 9.17) is 5.11 Å². The van der Waals surface area contributed by atoms with Crippen molar-refractivity contribution >= 4 is 27.8 Å². The maximum atomic E-state index is 11.8. The number of carboxylic acid groups (broad SMARTS) is 1. The van der Waals surface area contributed by atoms with Crippen LogP contribution in [0.15, 0.2) is 22.7 Å². The molecule has 0 aromatic heterocycles. The Morgan fingerprint density at radius 1 is 1.44 bits per heavy atom. The van der Waals surface area contributed by atoms with E-state index in [-0.39, 0.29) is 12.5 Å². The fraction of sp³-hybridized carbons (Fsp3) is 0.385. The lowest BCUT2D eigenvalue weighted by Gasteiger charge is -2.11. The van der Waals surface area contributed by atoms with Gasteiger partial charge in [-0.2, -0.15) is 0 Å². The Bertz CT molecular complexity index is 460. The maximum absolute atomic E-state index is 11.8. The van der Waals surface area contributed by atoms with Crippen molar-refractivity contribution in [3.05, 3.63) is 33.8 Å². The number of nitrogens with one attached hydrogen (secondary N) is 1. The highest BCUT2D eigenvalue weighted by atomic mass is 79.9. The molecule has 2 N–H and O–H groups in total. The van der Waals surface area contributed by atoms with Gasteiger partial charge in [0.05, 0.1) is 5.92 Å². The van der Waals surface area contributed by atoms with E-state index in [1.807, 2.05) is 6.92 Å². The first-order chi connectivity index (χ1) is 8.45. The second-order valence-electron chi connectivity index (χ2n) is 4.12. The molecular weight excluding hydrogens is 298 g/mol. The van der Waals surface area contributed by atoms with E-state index >= 15 is 0 Å². The smallest absolute Gasteiger partial charge is 0.308 e. The van der Waals surface area contributed by atoms with Crippen molar-refractivity contribution in [1.29, 1.82) is 0 Å². The summed E-state index contributed by atoms with van der Waals surface area (Å²) in [5, 5.41) is 11.5. The number of benzene rings is 1. The Morgan fingerprint density at radius 2 is 2.11 bits per heavy atom. The zero-order valence-corrected chi connectivity index (χ0v) is 12.0. The van der Waals surface area contributed by atoms with Crippen molar-refractivity contribution in [2.45, 2.75) is 20.3 Å². The third-order valence-electron chi connectivity index (χ3n) is 2.77. The first kappa shape index (κ1) is 14.7. The number of carbonyl (C=O) groups excluding carboxylic acids is 1. The van der Waals surface area contributed by atoms with Crippen molar-refractivity contribution in [3.63, 3.8) is 0 Å². The van der Waals surface area contributed by atoms with Crippen molar-refractivity contribution in [2.24, 2.45) is 5.92 Å². The second kappa shape index (κ2) is 6.54. The molecule has 98 valence electrons. The van der Waals surface area contributed by atoms with Crippen molar-refractivity contribution in [3.8, 4) is 0 Å². The molecule has 0 saturated carbocycles. The van der Waals surface area contributed by atoms with E-state index in [0.717, 1.165) is 10.0 Å². The third kappa shape index (κ3) is 3.84. The lowest BCUT2D eigenvalue weighted by molar-refractivity contribution is -0.141. The van der Waals surface area contributed by atoms with Gasteiger partial charge >= 0.3 is 5.97 Å². The van der Waals surface area contributed by atoms with Gasteiger partial charge in [0, 0.05) is 16.6 Å². The molecule has 0 fully saturated rings. The summed E-state index contributed by atoms with van der Waals surface area (Å²) in [5.74, 6) is -1.67. The van der Waals surface area contributed by atoms with E-state index in [1.54, 1.807) is 25.1 Å². The minimum Gasteiger partial charge on any atom is -0.481 e. The molecule has 1 aromatic carbocycles. The first-order valence-electron chi connectivity index (χ1n) is 5.72. The SMILES string of the molecule is CCC(CNC(=O)c1ccc(Br)c(C)c1)C(=O)O. The number of rotatable bonds is 5. The normalized spacial score (nSPS) is 11.9. The van der Waals surface area contributed by atoms with Gasteiger partial charge in [-0.1, -0.05) is 22.9 Å². The highest BCUT2D eigenvalue weighted by Gasteiger charge is 2.16. The number of amides is 1. The molecule has 1 rings (SSSR count). The molecule has 0 aliphatic rings. The molecule has 0 aliphatic carbocycles. The van der Waals surface area contributed by atoms with Gasteiger partial charge in [-0.3, -0.25) is 9.59 Å². The van der Waals surface area contributed by atoms with Gasteiger partial charge in [0.2, 0.25) is 0 Å². The van der Waals surface area contributed by atoms with Gasteiger partial charge in [0.25, 0.3) is 5.91 Å². The molecule has 0 radical (unpaired) electrons. The summed E-state index contributed by atoms with van der Waals surface area (Å²) in [7, 11) is 0. The molecule has 0 saturated heterocycles. The average molecular weight is 314 g/mol.